The normalized spacial score (nSPS) is 10.4. The Balaban J connectivity index is 2.48. The lowest BCUT2D eigenvalue weighted by Crippen LogP contribution is -2.19. The molecule has 0 aliphatic rings. The summed E-state index contributed by atoms with van der Waals surface area (Å²) in [6.07, 6.45) is 6.18. The molecule has 0 fully saturated rings. The number of carbonyl (C=O) groups is 1. The molecule has 0 aliphatic carbocycles. The SMILES string of the molecule is CC(=O)NCC=Cc1c[nH]c(=O)cn1. The van der Waals surface area contributed by atoms with Crippen molar-refractivity contribution in [1.29, 1.82) is 0 Å². The number of hydrogen-bond acceptors (Lipinski definition) is 3. The molecule has 0 aromatic carbocycles. The van der Waals surface area contributed by atoms with Gasteiger partial charge in [-0.05, 0) is 6.08 Å². The van der Waals surface area contributed by atoms with E-state index in [1.807, 2.05) is 0 Å². The van der Waals surface area contributed by atoms with E-state index in [1.165, 1.54) is 19.3 Å². The topological polar surface area (TPSA) is 74.8 Å². The summed E-state index contributed by atoms with van der Waals surface area (Å²) in [6.45, 7) is 1.90. The lowest BCUT2D eigenvalue weighted by Gasteiger charge is -1.94. The van der Waals surface area contributed by atoms with Gasteiger partial charge in [-0.3, -0.25) is 9.59 Å². The first-order valence-electron chi connectivity index (χ1n) is 4.14. The Labute approximate surface area is 80.9 Å². The second-order valence-corrected chi connectivity index (χ2v) is 2.68. The van der Waals surface area contributed by atoms with E-state index in [-0.39, 0.29) is 11.5 Å². The maximum absolute atomic E-state index is 10.6. The van der Waals surface area contributed by atoms with Crippen molar-refractivity contribution in [2.24, 2.45) is 0 Å². The van der Waals surface area contributed by atoms with Gasteiger partial charge < -0.3 is 10.3 Å². The van der Waals surface area contributed by atoms with Crippen molar-refractivity contribution in [3.63, 3.8) is 0 Å². The van der Waals surface area contributed by atoms with Crippen LogP contribution in [0.5, 0.6) is 0 Å². The van der Waals surface area contributed by atoms with Crippen LogP contribution >= 0.6 is 0 Å². The van der Waals surface area contributed by atoms with Crippen LogP contribution in [0.15, 0.2) is 23.3 Å². The van der Waals surface area contributed by atoms with E-state index in [9.17, 15) is 9.59 Å². The number of aromatic nitrogens is 2. The van der Waals surface area contributed by atoms with Gasteiger partial charge >= 0.3 is 0 Å². The van der Waals surface area contributed by atoms with Crippen LogP contribution in [0.1, 0.15) is 12.6 Å². The Morgan fingerprint density at radius 1 is 1.71 bits per heavy atom. The van der Waals surface area contributed by atoms with E-state index in [0.29, 0.717) is 12.2 Å². The molecule has 2 N–H and O–H groups in total. The van der Waals surface area contributed by atoms with Crippen LogP contribution in [-0.2, 0) is 4.79 Å². The van der Waals surface area contributed by atoms with Crippen LogP contribution in [0.4, 0.5) is 0 Å². The zero-order valence-electron chi connectivity index (χ0n) is 7.78. The molecule has 5 nitrogen and oxygen atoms in total. The van der Waals surface area contributed by atoms with E-state index < -0.39 is 0 Å². The highest BCUT2D eigenvalue weighted by atomic mass is 16.1. The smallest absolute Gasteiger partial charge is 0.266 e. The van der Waals surface area contributed by atoms with Gasteiger partial charge in [-0.15, -0.1) is 0 Å². The monoisotopic (exact) mass is 193 g/mol. The van der Waals surface area contributed by atoms with Gasteiger partial charge in [0.2, 0.25) is 5.91 Å². The highest BCUT2D eigenvalue weighted by molar-refractivity contribution is 5.73. The zero-order chi connectivity index (χ0) is 10.4. The molecule has 0 saturated carbocycles. The van der Waals surface area contributed by atoms with Gasteiger partial charge in [0.05, 0.1) is 11.9 Å². The van der Waals surface area contributed by atoms with Crippen molar-refractivity contribution in [2.45, 2.75) is 6.92 Å². The minimum Gasteiger partial charge on any atom is -0.353 e. The fourth-order valence-corrected chi connectivity index (χ4v) is 0.826. The summed E-state index contributed by atoms with van der Waals surface area (Å²) in [6, 6.07) is 0. The average molecular weight is 193 g/mol. The number of nitrogens with one attached hydrogen (secondary N) is 2. The molecule has 0 unspecified atom stereocenters. The molecule has 5 heteroatoms. The van der Waals surface area contributed by atoms with Crippen molar-refractivity contribution in [2.75, 3.05) is 6.54 Å². The molecule has 1 aromatic rings. The van der Waals surface area contributed by atoms with Gasteiger partial charge in [0.1, 0.15) is 0 Å². The molecule has 0 saturated heterocycles. The van der Waals surface area contributed by atoms with Gasteiger partial charge in [0.25, 0.3) is 5.56 Å². The Morgan fingerprint density at radius 2 is 2.50 bits per heavy atom. The first kappa shape index (κ1) is 10.2. The van der Waals surface area contributed by atoms with Crippen LogP contribution in [0, 0.1) is 0 Å². The number of carbonyl (C=O) groups excluding carboxylic acids is 1. The largest absolute Gasteiger partial charge is 0.353 e. The molecule has 0 bridgehead atoms. The van der Waals surface area contributed by atoms with Crippen molar-refractivity contribution in [3.05, 3.63) is 34.5 Å². The maximum atomic E-state index is 10.6. The van der Waals surface area contributed by atoms with Gasteiger partial charge in [0.15, 0.2) is 0 Å². The molecule has 1 rings (SSSR count). The third-order valence-electron chi connectivity index (χ3n) is 1.45. The number of amides is 1. The molecule has 1 amide bonds. The number of hydrogen-bond donors (Lipinski definition) is 2. The Bertz CT molecular complexity index is 375. The van der Waals surface area contributed by atoms with Crippen LogP contribution in [0.3, 0.4) is 0 Å². The minimum atomic E-state index is -0.232. The second-order valence-electron chi connectivity index (χ2n) is 2.68. The number of nitrogens with zero attached hydrogens (tertiary/aromatic N) is 1. The molecule has 0 spiro atoms. The number of aromatic amines is 1. The summed E-state index contributed by atoms with van der Waals surface area (Å²) < 4.78 is 0. The van der Waals surface area contributed by atoms with E-state index in [1.54, 1.807) is 12.2 Å². The first-order valence-corrected chi connectivity index (χ1v) is 4.14. The predicted molar refractivity (Wildman–Crippen MR) is 52.6 cm³/mol. The van der Waals surface area contributed by atoms with Crippen LogP contribution in [0.25, 0.3) is 6.08 Å². The van der Waals surface area contributed by atoms with Gasteiger partial charge in [0, 0.05) is 19.7 Å². The van der Waals surface area contributed by atoms with Crippen LogP contribution in [0.2, 0.25) is 0 Å². The highest BCUT2D eigenvalue weighted by Crippen LogP contribution is 1.90. The maximum Gasteiger partial charge on any atom is 0.266 e. The summed E-state index contributed by atoms with van der Waals surface area (Å²) in [5.41, 5.74) is 0.416. The number of rotatable bonds is 3. The molecule has 1 aromatic heterocycles. The first-order chi connectivity index (χ1) is 6.68. The van der Waals surface area contributed by atoms with E-state index >= 15 is 0 Å². The molecule has 0 radical (unpaired) electrons. The molecular weight excluding hydrogens is 182 g/mol. The molecule has 0 atom stereocenters. The van der Waals surface area contributed by atoms with E-state index in [4.69, 9.17) is 0 Å². The quantitative estimate of drug-likeness (QED) is 0.705. The minimum absolute atomic E-state index is 0.0796. The number of H-pyrrole nitrogens is 1. The summed E-state index contributed by atoms with van der Waals surface area (Å²) in [7, 11) is 0. The van der Waals surface area contributed by atoms with E-state index in [2.05, 4.69) is 15.3 Å². The lowest BCUT2D eigenvalue weighted by molar-refractivity contribution is -0.118. The Hall–Kier alpha value is -1.91. The van der Waals surface area contributed by atoms with E-state index in [0.717, 1.165) is 0 Å². The predicted octanol–water partition coefficient (Wildman–Crippen LogP) is -0.0808. The second kappa shape index (κ2) is 4.96. The summed E-state index contributed by atoms with van der Waals surface area (Å²) >= 11 is 0. The van der Waals surface area contributed by atoms with Crippen molar-refractivity contribution in [1.82, 2.24) is 15.3 Å². The molecule has 74 valence electrons. The summed E-state index contributed by atoms with van der Waals surface area (Å²) in [5, 5.41) is 2.60. The van der Waals surface area contributed by atoms with Gasteiger partial charge in [-0.1, -0.05) is 6.08 Å². The fraction of sp³-hybridized carbons (Fsp3) is 0.222. The van der Waals surface area contributed by atoms with Gasteiger partial charge in [-0.2, -0.15) is 0 Å². The average Bonchev–Trinajstić information content (AvgIpc) is 2.15. The molecule has 1 heterocycles. The fourth-order valence-electron chi connectivity index (χ4n) is 0.826. The Morgan fingerprint density at radius 3 is 3.07 bits per heavy atom. The van der Waals surface area contributed by atoms with Gasteiger partial charge in [-0.25, -0.2) is 4.98 Å². The zero-order valence-corrected chi connectivity index (χ0v) is 7.78. The third-order valence-corrected chi connectivity index (χ3v) is 1.45. The molecule has 14 heavy (non-hydrogen) atoms. The van der Waals surface area contributed by atoms with Crippen molar-refractivity contribution >= 4 is 12.0 Å². The van der Waals surface area contributed by atoms with Crippen molar-refractivity contribution in [3.8, 4) is 0 Å². The summed E-state index contributed by atoms with van der Waals surface area (Å²) in [5.74, 6) is -0.0796. The lowest BCUT2D eigenvalue weighted by atomic mass is 10.4. The van der Waals surface area contributed by atoms with Crippen LogP contribution < -0.4 is 10.9 Å². The third kappa shape index (κ3) is 3.66. The standard InChI is InChI=1S/C9H11N3O2/c1-7(13)10-4-2-3-8-5-12-9(14)6-11-8/h2-3,5-6H,4H2,1H3,(H,10,13)(H,12,14). The molecular formula is C9H11N3O2. The Kier molecular flexibility index (Phi) is 3.60. The van der Waals surface area contributed by atoms with Crippen LogP contribution in [-0.4, -0.2) is 22.4 Å². The summed E-state index contributed by atoms with van der Waals surface area (Å²) in [4.78, 5) is 27.5. The highest BCUT2D eigenvalue weighted by Gasteiger charge is 1.88. The molecule has 0 aliphatic heterocycles. The van der Waals surface area contributed by atoms with Crippen molar-refractivity contribution < 1.29 is 4.79 Å².